The van der Waals surface area contributed by atoms with E-state index in [9.17, 15) is 0 Å². The van der Waals surface area contributed by atoms with Crippen LogP contribution in [0.3, 0.4) is 0 Å². The average molecular weight is 554 g/mol. The third kappa shape index (κ3) is 3.89. The van der Waals surface area contributed by atoms with Gasteiger partial charge in [0.1, 0.15) is 0 Å². The lowest BCUT2D eigenvalue weighted by Gasteiger charge is -2.21. The van der Waals surface area contributed by atoms with Crippen LogP contribution in [-0.2, 0) is 5.41 Å². The fourth-order valence-corrected chi connectivity index (χ4v) is 6.49. The van der Waals surface area contributed by atoms with Crippen molar-refractivity contribution in [2.45, 2.75) is 19.3 Å². The van der Waals surface area contributed by atoms with Crippen molar-refractivity contribution in [3.63, 3.8) is 0 Å². The van der Waals surface area contributed by atoms with Gasteiger partial charge in [0, 0.05) is 27.7 Å². The first kappa shape index (κ1) is 25.2. The molecule has 2 N–H and O–H groups in total. The van der Waals surface area contributed by atoms with Gasteiger partial charge in [-0.3, -0.25) is 10.8 Å². The summed E-state index contributed by atoms with van der Waals surface area (Å²) in [5, 5.41) is 18.8. The Hall–Kier alpha value is -5.55. The average Bonchev–Trinajstić information content (AvgIpc) is 3.28. The van der Waals surface area contributed by atoms with Gasteiger partial charge in [-0.1, -0.05) is 111 Å². The molecular formula is C38H27N5. The zero-order chi connectivity index (χ0) is 29.3. The van der Waals surface area contributed by atoms with Crippen LogP contribution in [0.1, 0.15) is 36.1 Å². The van der Waals surface area contributed by atoms with E-state index in [0.29, 0.717) is 17.5 Å². The molecule has 0 saturated heterocycles. The van der Waals surface area contributed by atoms with Gasteiger partial charge >= 0.3 is 0 Å². The molecule has 2 aliphatic carbocycles. The second kappa shape index (κ2) is 9.23. The Balaban J connectivity index is 1.33. The van der Waals surface area contributed by atoms with Gasteiger partial charge in [-0.25, -0.2) is 15.0 Å². The molecule has 5 nitrogen and oxygen atoms in total. The summed E-state index contributed by atoms with van der Waals surface area (Å²) in [5.74, 6) is 1.79. The lowest BCUT2D eigenvalue weighted by atomic mass is 9.82. The quantitative estimate of drug-likeness (QED) is 0.230. The summed E-state index contributed by atoms with van der Waals surface area (Å²) in [7, 11) is 0. The van der Waals surface area contributed by atoms with Gasteiger partial charge in [-0.05, 0) is 56.8 Å². The molecule has 0 saturated carbocycles. The van der Waals surface area contributed by atoms with Gasteiger partial charge in [0.25, 0.3) is 0 Å². The largest absolute Gasteiger partial charge is 0.299 e. The smallest absolute Gasteiger partial charge is 0.164 e. The number of hydrogen-bond donors (Lipinski definition) is 2. The zero-order valence-electron chi connectivity index (χ0n) is 23.8. The minimum Gasteiger partial charge on any atom is -0.299 e. The van der Waals surface area contributed by atoms with Gasteiger partial charge in [0.05, 0.1) is 11.4 Å². The maximum atomic E-state index is 8.65. The highest BCUT2D eigenvalue weighted by molar-refractivity contribution is 6.53. The SMILES string of the molecule is CC1(C)c2ccccc2-c2cc(-c3nc(-c4ccccc4)nc(-c4ccc5ccc6c(c5c4)C(=N)C(=N)C=C6)n3)ccc21. The molecule has 0 fully saturated rings. The molecule has 2 aliphatic rings. The standard InChI is InChI=1S/C38H27N5/c1-38(2)30-11-7-6-10-27(30)29-21-26(16-18-31(29)38)37-42-35(24-8-4-3-5-9-24)41-36(43-37)25-15-13-22-12-14-23-17-19-32(39)34(40)33(23)28(22)20-25/h3-21,39-40H,1-2H3. The summed E-state index contributed by atoms with van der Waals surface area (Å²) in [5.41, 5.74) is 9.85. The topological polar surface area (TPSA) is 86.4 Å². The van der Waals surface area contributed by atoms with E-state index >= 15 is 0 Å². The fourth-order valence-electron chi connectivity index (χ4n) is 6.49. The Labute approximate surface area is 249 Å². The summed E-state index contributed by atoms with van der Waals surface area (Å²) in [6.07, 6.45) is 3.59. The van der Waals surface area contributed by atoms with Crippen molar-refractivity contribution in [3.05, 3.63) is 131 Å². The van der Waals surface area contributed by atoms with Crippen LogP contribution in [0, 0.1) is 10.8 Å². The molecule has 1 heterocycles. The van der Waals surface area contributed by atoms with Crippen molar-refractivity contribution in [2.75, 3.05) is 0 Å². The number of fused-ring (bicyclic) bond motifs is 6. The van der Waals surface area contributed by atoms with E-state index in [-0.39, 0.29) is 16.8 Å². The number of aromatic nitrogens is 3. The molecule has 0 amide bonds. The Kier molecular flexibility index (Phi) is 5.41. The molecule has 6 aromatic rings. The first-order chi connectivity index (χ1) is 20.9. The molecule has 8 rings (SSSR count). The minimum atomic E-state index is -0.0760. The molecule has 0 atom stereocenters. The first-order valence-corrected chi connectivity index (χ1v) is 14.4. The van der Waals surface area contributed by atoms with E-state index in [0.717, 1.165) is 38.6 Å². The first-order valence-electron chi connectivity index (χ1n) is 14.4. The van der Waals surface area contributed by atoms with Crippen LogP contribution in [0.15, 0.2) is 109 Å². The minimum absolute atomic E-state index is 0.0760. The van der Waals surface area contributed by atoms with Crippen molar-refractivity contribution < 1.29 is 0 Å². The van der Waals surface area contributed by atoms with Gasteiger partial charge in [0.15, 0.2) is 17.5 Å². The lowest BCUT2D eigenvalue weighted by molar-refractivity contribution is 0.660. The van der Waals surface area contributed by atoms with Crippen molar-refractivity contribution in [1.82, 2.24) is 15.0 Å². The number of hydrogen-bond acceptors (Lipinski definition) is 5. The lowest BCUT2D eigenvalue weighted by Crippen LogP contribution is -2.16. The van der Waals surface area contributed by atoms with Crippen LogP contribution in [0.4, 0.5) is 0 Å². The number of allylic oxidation sites excluding steroid dienone is 1. The summed E-state index contributed by atoms with van der Waals surface area (Å²) in [4.78, 5) is 15.0. The predicted molar refractivity (Wildman–Crippen MR) is 175 cm³/mol. The molecule has 43 heavy (non-hydrogen) atoms. The summed E-state index contributed by atoms with van der Waals surface area (Å²) in [6, 6.07) is 35.4. The Morgan fingerprint density at radius 1 is 0.558 bits per heavy atom. The van der Waals surface area contributed by atoms with Crippen LogP contribution in [0.25, 0.3) is 62.1 Å². The maximum absolute atomic E-state index is 8.65. The molecule has 0 radical (unpaired) electrons. The van der Waals surface area contributed by atoms with Gasteiger partial charge in [-0.15, -0.1) is 0 Å². The Bertz CT molecular complexity index is 2190. The van der Waals surface area contributed by atoms with Crippen molar-refractivity contribution in [1.29, 1.82) is 10.8 Å². The number of rotatable bonds is 3. The Morgan fingerprint density at radius 3 is 1.98 bits per heavy atom. The van der Waals surface area contributed by atoms with Gasteiger partial charge in [-0.2, -0.15) is 0 Å². The Morgan fingerprint density at radius 2 is 1.19 bits per heavy atom. The number of benzene rings is 5. The predicted octanol–water partition coefficient (Wildman–Crippen LogP) is 8.75. The number of nitrogens with one attached hydrogen (secondary N) is 2. The molecule has 0 bridgehead atoms. The van der Waals surface area contributed by atoms with Crippen LogP contribution in [0.5, 0.6) is 0 Å². The zero-order valence-corrected chi connectivity index (χ0v) is 23.8. The monoisotopic (exact) mass is 553 g/mol. The van der Waals surface area contributed by atoms with Crippen molar-refractivity contribution in [3.8, 4) is 45.3 Å². The maximum Gasteiger partial charge on any atom is 0.164 e. The van der Waals surface area contributed by atoms with E-state index in [1.165, 1.54) is 22.3 Å². The van der Waals surface area contributed by atoms with E-state index in [2.05, 4.69) is 62.4 Å². The van der Waals surface area contributed by atoms with E-state index in [4.69, 9.17) is 25.8 Å². The van der Waals surface area contributed by atoms with E-state index < -0.39 is 0 Å². The summed E-state index contributed by atoms with van der Waals surface area (Å²) < 4.78 is 0. The third-order valence-electron chi connectivity index (χ3n) is 8.77. The highest BCUT2D eigenvalue weighted by Crippen LogP contribution is 2.49. The normalized spacial score (nSPS) is 14.5. The van der Waals surface area contributed by atoms with Gasteiger partial charge in [0.2, 0.25) is 0 Å². The molecule has 204 valence electrons. The van der Waals surface area contributed by atoms with Crippen LogP contribution < -0.4 is 0 Å². The second-order valence-corrected chi connectivity index (χ2v) is 11.7. The molecular weight excluding hydrogens is 526 g/mol. The summed E-state index contributed by atoms with van der Waals surface area (Å²) in [6.45, 7) is 4.56. The van der Waals surface area contributed by atoms with E-state index in [1.54, 1.807) is 6.08 Å². The summed E-state index contributed by atoms with van der Waals surface area (Å²) >= 11 is 0. The van der Waals surface area contributed by atoms with E-state index in [1.807, 2.05) is 60.7 Å². The van der Waals surface area contributed by atoms with Crippen LogP contribution in [0.2, 0.25) is 0 Å². The highest BCUT2D eigenvalue weighted by Gasteiger charge is 2.35. The molecule has 5 heteroatoms. The van der Waals surface area contributed by atoms with Crippen molar-refractivity contribution >= 4 is 28.3 Å². The van der Waals surface area contributed by atoms with Crippen LogP contribution in [-0.4, -0.2) is 26.4 Å². The fraction of sp³-hybridized carbons (Fsp3) is 0.0789. The third-order valence-corrected chi connectivity index (χ3v) is 8.77. The molecule has 5 aromatic carbocycles. The van der Waals surface area contributed by atoms with Gasteiger partial charge < -0.3 is 0 Å². The molecule has 0 spiro atoms. The van der Waals surface area contributed by atoms with Crippen LogP contribution >= 0.6 is 0 Å². The molecule has 1 aromatic heterocycles. The molecule has 0 unspecified atom stereocenters. The second-order valence-electron chi connectivity index (χ2n) is 11.7. The molecule has 0 aliphatic heterocycles. The highest BCUT2D eigenvalue weighted by atomic mass is 15.0. The number of nitrogens with zero attached hydrogens (tertiary/aromatic N) is 3. The van der Waals surface area contributed by atoms with Crippen molar-refractivity contribution in [2.24, 2.45) is 0 Å².